The number of nitrogens with zero attached hydrogens (tertiary/aromatic N) is 2. The lowest BCUT2D eigenvalue weighted by Gasteiger charge is -2.34. The van der Waals surface area contributed by atoms with E-state index in [4.69, 9.17) is 9.47 Å². The molecule has 4 N–H and O–H groups in total. The van der Waals surface area contributed by atoms with E-state index in [1.165, 1.54) is 17.9 Å². The minimum absolute atomic E-state index is 0.0126. The fourth-order valence-corrected chi connectivity index (χ4v) is 7.22. The number of benzene rings is 1. The van der Waals surface area contributed by atoms with Crippen LogP contribution in [-0.2, 0) is 24.0 Å². The van der Waals surface area contributed by atoms with E-state index in [1.807, 2.05) is 6.07 Å². The van der Waals surface area contributed by atoms with Crippen molar-refractivity contribution in [2.75, 3.05) is 13.7 Å². The van der Waals surface area contributed by atoms with Crippen molar-refractivity contribution in [3.05, 3.63) is 43.1 Å². The van der Waals surface area contributed by atoms with Gasteiger partial charge in [-0.25, -0.2) is 4.79 Å². The molecule has 13 nitrogen and oxygen atoms in total. The summed E-state index contributed by atoms with van der Waals surface area (Å²) in [7, 11) is 1.56. The van der Waals surface area contributed by atoms with E-state index in [1.54, 1.807) is 45.4 Å². The van der Waals surface area contributed by atoms with E-state index in [0.29, 0.717) is 22.4 Å². The molecule has 0 unspecified atom stereocenters. The smallest absolute Gasteiger partial charge is 0.330 e. The van der Waals surface area contributed by atoms with Gasteiger partial charge in [-0.2, -0.15) is 0 Å². The third-order valence-electron chi connectivity index (χ3n) is 10.1. The molecule has 0 bridgehead atoms. The molecule has 5 rings (SSSR count). The van der Waals surface area contributed by atoms with Gasteiger partial charge in [0.05, 0.1) is 19.2 Å². The van der Waals surface area contributed by atoms with Crippen LogP contribution in [0, 0.1) is 17.8 Å². The molecule has 1 aliphatic heterocycles. The number of likely N-dealkylation sites (tertiary alicyclic amines) is 1. The lowest BCUT2D eigenvalue weighted by Crippen LogP contribution is -2.60. The van der Waals surface area contributed by atoms with Gasteiger partial charge in [0.25, 0.3) is 0 Å². The maximum Gasteiger partial charge on any atom is 0.330 e. The monoisotopic (exact) mass is 677 g/mol. The minimum Gasteiger partial charge on any atom is -0.497 e. The molecule has 2 aromatic rings. The number of ether oxygens (including phenoxy) is 2. The van der Waals surface area contributed by atoms with E-state index in [0.717, 1.165) is 32.1 Å². The Bertz CT molecular complexity index is 1610. The number of carbonyl (C=O) groups excluding carboxylic acids is 4. The van der Waals surface area contributed by atoms with Crippen molar-refractivity contribution >= 4 is 40.5 Å². The zero-order valence-electron chi connectivity index (χ0n) is 28.6. The Labute approximate surface area is 286 Å². The number of carboxylic acids is 1. The van der Waals surface area contributed by atoms with Gasteiger partial charge in [-0.3, -0.25) is 24.2 Å². The second kappa shape index (κ2) is 14.8. The highest BCUT2D eigenvalue weighted by atomic mass is 16.5. The molecule has 1 saturated heterocycles. The average Bonchev–Trinajstić information content (AvgIpc) is 3.65. The second-order valence-electron chi connectivity index (χ2n) is 13.8. The molecule has 6 atom stereocenters. The Hall–Kier alpha value is -4.68. The van der Waals surface area contributed by atoms with Crippen LogP contribution in [0.3, 0.4) is 0 Å². The molecule has 2 aliphatic carbocycles. The van der Waals surface area contributed by atoms with Crippen LogP contribution in [-0.4, -0.2) is 88.0 Å². The zero-order chi connectivity index (χ0) is 35.5. The van der Waals surface area contributed by atoms with E-state index in [2.05, 4.69) is 27.5 Å². The van der Waals surface area contributed by atoms with Crippen LogP contribution in [0.1, 0.15) is 65.7 Å². The number of hydrogen-bond acceptors (Lipinski definition) is 8. The lowest BCUT2D eigenvalue weighted by molar-refractivity contribution is -0.146. The van der Waals surface area contributed by atoms with Gasteiger partial charge in [0, 0.05) is 36.9 Å². The normalized spacial score (nSPS) is 24.8. The second-order valence-corrected chi connectivity index (χ2v) is 13.8. The first-order valence-corrected chi connectivity index (χ1v) is 17.0. The number of fused-ring (bicyclic) bond motifs is 1. The van der Waals surface area contributed by atoms with Gasteiger partial charge in [0.2, 0.25) is 23.6 Å². The number of rotatable bonds is 13. The number of hydrogen-bond donors (Lipinski definition) is 4. The van der Waals surface area contributed by atoms with Gasteiger partial charge in [0.15, 0.2) is 0 Å². The van der Waals surface area contributed by atoms with Crippen molar-refractivity contribution in [1.82, 2.24) is 25.8 Å². The van der Waals surface area contributed by atoms with Gasteiger partial charge in [-0.1, -0.05) is 39.2 Å². The first kappa shape index (κ1) is 35.6. The maximum atomic E-state index is 14.4. The number of pyridine rings is 1. The standard InChI is InChI=1S/C36H47N5O8/c1-6-23-18-36(23,35(46)47)40-32(43)28-17-25(49-29-14-15-37-27-16-24(48-5)12-13-26(27)29)19-41(28)34(45)30(20(2)3)39-33(44)31(38-21(4)42)22-10-8-7-9-11-22/h6,12-16,20,22-23,25,28,30-31H,1,7-11,17-19H2,2-5H3,(H,38,42)(H,39,44)(H,40,43)(H,46,47)/t23-,25+,28-,30-,31-,36+/m0/s1. The highest BCUT2D eigenvalue weighted by molar-refractivity contribution is 5.97. The van der Waals surface area contributed by atoms with Crippen LogP contribution >= 0.6 is 0 Å². The molecular weight excluding hydrogens is 630 g/mol. The van der Waals surface area contributed by atoms with Crippen molar-refractivity contribution in [2.45, 2.75) is 95.5 Å². The molecule has 2 heterocycles. The highest BCUT2D eigenvalue weighted by Gasteiger charge is 2.61. The number of aromatic nitrogens is 1. The molecule has 3 aliphatic rings. The predicted molar refractivity (Wildman–Crippen MR) is 181 cm³/mol. The molecule has 3 fully saturated rings. The Morgan fingerprint density at radius 1 is 1.10 bits per heavy atom. The third-order valence-corrected chi connectivity index (χ3v) is 10.1. The van der Waals surface area contributed by atoms with Gasteiger partial charge >= 0.3 is 5.97 Å². The summed E-state index contributed by atoms with van der Waals surface area (Å²) in [4.78, 5) is 72.2. The van der Waals surface area contributed by atoms with Gasteiger partial charge < -0.3 is 35.4 Å². The minimum atomic E-state index is -1.50. The molecule has 13 heteroatoms. The molecule has 4 amide bonds. The Morgan fingerprint density at radius 2 is 1.84 bits per heavy atom. The Kier molecular flexibility index (Phi) is 10.8. The van der Waals surface area contributed by atoms with Crippen molar-refractivity contribution in [1.29, 1.82) is 0 Å². The van der Waals surface area contributed by atoms with Crippen LogP contribution in [0.5, 0.6) is 11.5 Å². The first-order chi connectivity index (χ1) is 23.4. The van der Waals surface area contributed by atoms with Crippen molar-refractivity contribution in [3.8, 4) is 11.5 Å². The summed E-state index contributed by atoms with van der Waals surface area (Å²) in [6.45, 7) is 8.67. The van der Waals surface area contributed by atoms with E-state index >= 15 is 0 Å². The molecule has 264 valence electrons. The number of carboxylic acid groups (broad SMARTS) is 1. The zero-order valence-corrected chi connectivity index (χ0v) is 28.6. The summed E-state index contributed by atoms with van der Waals surface area (Å²) in [6, 6.07) is 4.20. The number of amides is 4. The number of nitrogens with one attached hydrogen (secondary N) is 3. The molecule has 0 radical (unpaired) electrons. The largest absolute Gasteiger partial charge is 0.497 e. The fraction of sp³-hybridized carbons (Fsp3) is 0.556. The molecule has 49 heavy (non-hydrogen) atoms. The SMILES string of the molecule is C=C[C@H]1C[C@]1(NC(=O)[C@@H]1C[C@@H](Oc2ccnc3cc(OC)ccc23)CN1C(=O)[C@@H](NC(=O)[C@@H](NC(C)=O)C1CCCCC1)C(C)C)C(=O)O. The number of aliphatic carboxylic acids is 1. The van der Waals surface area contributed by atoms with Crippen LogP contribution in [0.4, 0.5) is 0 Å². The summed E-state index contributed by atoms with van der Waals surface area (Å²) >= 11 is 0. The number of methoxy groups -OCH3 is 1. The van der Waals surface area contributed by atoms with Crippen LogP contribution in [0.15, 0.2) is 43.1 Å². The predicted octanol–water partition coefficient (Wildman–Crippen LogP) is 2.96. The van der Waals surface area contributed by atoms with Gasteiger partial charge in [-0.05, 0) is 49.3 Å². The lowest BCUT2D eigenvalue weighted by atomic mass is 9.83. The summed E-state index contributed by atoms with van der Waals surface area (Å²) in [5, 5.41) is 19.1. The van der Waals surface area contributed by atoms with Crippen LogP contribution in [0.2, 0.25) is 0 Å². The molecule has 1 aromatic carbocycles. The fourth-order valence-electron chi connectivity index (χ4n) is 7.22. The van der Waals surface area contributed by atoms with Crippen molar-refractivity contribution < 1.29 is 38.6 Å². The molecule has 2 saturated carbocycles. The van der Waals surface area contributed by atoms with E-state index in [-0.39, 0.29) is 37.1 Å². The topological polar surface area (TPSA) is 176 Å². The Morgan fingerprint density at radius 3 is 2.45 bits per heavy atom. The maximum absolute atomic E-state index is 14.4. The average molecular weight is 678 g/mol. The van der Waals surface area contributed by atoms with Gasteiger partial charge in [0.1, 0.15) is 41.3 Å². The van der Waals surface area contributed by atoms with Crippen LogP contribution in [0.25, 0.3) is 10.9 Å². The highest BCUT2D eigenvalue weighted by Crippen LogP contribution is 2.45. The third kappa shape index (κ3) is 7.65. The first-order valence-electron chi connectivity index (χ1n) is 17.0. The molecule has 1 aromatic heterocycles. The van der Waals surface area contributed by atoms with Gasteiger partial charge in [-0.15, -0.1) is 6.58 Å². The number of carbonyl (C=O) groups is 5. The molecular formula is C36H47N5O8. The summed E-state index contributed by atoms with van der Waals surface area (Å²) in [6.07, 6.45) is 7.31. The van der Waals surface area contributed by atoms with E-state index < -0.39 is 59.4 Å². The van der Waals surface area contributed by atoms with E-state index in [9.17, 15) is 29.1 Å². The summed E-state index contributed by atoms with van der Waals surface area (Å²) in [5.74, 6) is -2.81. The van der Waals surface area contributed by atoms with Crippen molar-refractivity contribution in [2.24, 2.45) is 17.8 Å². The quantitative estimate of drug-likeness (QED) is 0.232. The summed E-state index contributed by atoms with van der Waals surface area (Å²) < 4.78 is 11.7. The molecule has 0 spiro atoms. The summed E-state index contributed by atoms with van der Waals surface area (Å²) in [5.41, 5.74) is -0.858. The van der Waals surface area contributed by atoms with Crippen molar-refractivity contribution in [3.63, 3.8) is 0 Å². The Balaban J connectivity index is 1.41. The van der Waals surface area contributed by atoms with Crippen LogP contribution < -0.4 is 25.4 Å².